The van der Waals surface area contributed by atoms with Crippen molar-refractivity contribution >= 4 is 0 Å². The van der Waals surface area contributed by atoms with Crippen molar-refractivity contribution in [3.63, 3.8) is 0 Å². The highest BCUT2D eigenvalue weighted by molar-refractivity contribution is 5.64. The van der Waals surface area contributed by atoms with Gasteiger partial charge in [-0.15, -0.1) is 0 Å². The average Bonchev–Trinajstić information content (AvgIpc) is 2.75. The first-order valence-electron chi connectivity index (χ1n) is 9.37. The predicted molar refractivity (Wildman–Crippen MR) is 112 cm³/mol. The highest BCUT2D eigenvalue weighted by Crippen LogP contribution is 2.22. The summed E-state index contributed by atoms with van der Waals surface area (Å²) >= 11 is 0. The smallest absolute Gasteiger partial charge is 0.159 e. The molecule has 0 atom stereocenters. The van der Waals surface area contributed by atoms with Gasteiger partial charge in [0.15, 0.2) is 5.82 Å². The van der Waals surface area contributed by atoms with E-state index in [1.165, 1.54) is 22.3 Å². The van der Waals surface area contributed by atoms with E-state index < -0.39 is 0 Å². The van der Waals surface area contributed by atoms with Gasteiger partial charge in [-0.05, 0) is 34.7 Å². The van der Waals surface area contributed by atoms with Crippen LogP contribution in [0.3, 0.4) is 0 Å². The third-order valence-electron chi connectivity index (χ3n) is 4.78. The quantitative estimate of drug-likeness (QED) is 0.443. The first kappa shape index (κ1) is 17.2. The van der Waals surface area contributed by atoms with Gasteiger partial charge in [0.2, 0.25) is 0 Å². The lowest BCUT2D eigenvalue weighted by Crippen LogP contribution is -1.96. The fourth-order valence-electron chi connectivity index (χ4n) is 3.18. The molecule has 0 saturated carbocycles. The van der Waals surface area contributed by atoms with Gasteiger partial charge < -0.3 is 0 Å². The van der Waals surface area contributed by atoms with Gasteiger partial charge >= 0.3 is 0 Å². The van der Waals surface area contributed by atoms with Crippen LogP contribution in [0.25, 0.3) is 22.5 Å². The molecule has 2 heteroatoms. The average molecular weight is 350 g/mol. The summed E-state index contributed by atoms with van der Waals surface area (Å²) in [5.41, 5.74) is 7.20. The second kappa shape index (κ2) is 7.96. The number of benzene rings is 3. The molecule has 0 spiro atoms. The monoisotopic (exact) mass is 350 g/mol. The van der Waals surface area contributed by atoms with Crippen molar-refractivity contribution in [2.24, 2.45) is 0 Å². The Morgan fingerprint density at radius 3 is 1.89 bits per heavy atom. The molecule has 0 radical (unpaired) electrons. The molecule has 0 fully saturated rings. The van der Waals surface area contributed by atoms with Crippen molar-refractivity contribution in [3.8, 4) is 22.5 Å². The molecule has 27 heavy (non-hydrogen) atoms. The van der Waals surface area contributed by atoms with Gasteiger partial charge in [0.25, 0.3) is 0 Å². The lowest BCUT2D eigenvalue weighted by Gasteiger charge is -2.07. The van der Waals surface area contributed by atoms with Crippen molar-refractivity contribution in [2.45, 2.75) is 19.8 Å². The Morgan fingerprint density at radius 2 is 1.26 bits per heavy atom. The van der Waals surface area contributed by atoms with Crippen LogP contribution in [-0.4, -0.2) is 9.97 Å². The fourth-order valence-corrected chi connectivity index (χ4v) is 3.18. The second-order valence-electron chi connectivity index (χ2n) is 6.66. The maximum atomic E-state index is 4.73. The molecule has 0 saturated heterocycles. The summed E-state index contributed by atoms with van der Waals surface area (Å²) in [5, 5.41) is 0. The molecule has 4 rings (SSSR count). The number of aryl methyl sites for hydroxylation is 1. The minimum atomic E-state index is 0.778. The molecular formula is C25H22N2. The van der Waals surface area contributed by atoms with E-state index in [1.807, 2.05) is 42.6 Å². The molecule has 4 aromatic rings. The standard InChI is InChI=1S/C25H22N2/c1-2-19-8-12-21(13-9-19)22-14-10-20(11-15-22)18-24-16-17-26-25(27-24)23-6-4-3-5-7-23/h3-17H,2,18H2,1H3. The first-order chi connectivity index (χ1) is 13.3. The molecule has 0 unspecified atom stereocenters. The molecule has 1 heterocycles. The largest absolute Gasteiger partial charge is 0.237 e. The maximum Gasteiger partial charge on any atom is 0.159 e. The van der Waals surface area contributed by atoms with Crippen LogP contribution in [0.15, 0.2) is 91.1 Å². The maximum absolute atomic E-state index is 4.73. The fraction of sp³-hybridized carbons (Fsp3) is 0.120. The van der Waals surface area contributed by atoms with E-state index >= 15 is 0 Å². The number of hydrogen-bond donors (Lipinski definition) is 0. The van der Waals surface area contributed by atoms with Gasteiger partial charge in [-0.3, -0.25) is 0 Å². The highest BCUT2D eigenvalue weighted by atomic mass is 14.9. The zero-order valence-electron chi connectivity index (χ0n) is 15.5. The summed E-state index contributed by atoms with van der Waals surface area (Å²) < 4.78 is 0. The summed E-state index contributed by atoms with van der Waals surface area (Å²) in [4.78, 5) is 9.13. The summed E-state index contributed by atoms with van der Waals surface area (Å²) in [6, 6.07) is 29.7. The summed E-state index contributed by atoms with van der Waals surface area (Å²) in [6.07, 6.45) is 3.72. The summed E-state index contributed by atoms with van der Waals surface area (Å²) in [5.74, 6) is 0.778. The number of nitrogens with zero attached hydrogens (tertiary/aromatic N) is 2. The van der Waals surface area contributed by atoms with Crippen molar-refractivity contribution < 1.29 is 0 Å². The van der Waals surface area contributed by atoms with E-state index in [4.69, 9.17) is 4.98 Å². The molecule has 1 aromatic heterocycles. The molecule has 2 nitrogen and oxygen atoms in total. The predicted octanol–water partition coefficient (Wildman–Crippen LogP) is 5.96. The zero-order chi connectivity index (χ0) is 18.5. The van der Waals surface area contributed by atoms with Gasteiger partial charge in [-0.25, -0.2) is 9.97 Å². The van der Waals surface area contributed by atoms with Crippen LogP contribution in [0, 0.1) is 0 Å². The molecule has 132 valence electrons. The lowest BCUT2D eigenvalue weighted by molar-refractivity contribution is 1.03. The zero-order valence-corrected chi connectivity index (χ0v) is 15.5. The molecule has 0 amide bonds. The minimum absolute atomic E-state index is 0.778. The molecule has 3 aromatic carbocycles. The van der Waals surface area contributed by atoms with Gasteiger partial charge in [-0.2, -0.15) is 0 Å². The van der Waals surface area contributed by atoms with Gasteiger partial charge in [0.1, 0.15) is 0 Å². The van der Waals surface area contributed by atoms with Crippen molar-refractivity contribution in [3.05, 3.63) is 108 Å². The second-order valence-corrected chi connectivity index (χ2v) is 6.66. The van der Waals surface area contributed by atoms with Gasteiger partial charge in [0.05, 0.1) is 0 Å². The van der Waals surface area contributed by atoms with Crippen molar-refractivity contribution in [1.29, 1.82) is 0 Å². The Bertz CT molecular complexity index is 1000. The Morgan fingerprint density at radius 1 is 0.630 bits per heavy atom. The first-order valence-corrected chi connectivity index (χ1v) is 9.37. The SMILES string of the molecule is CCc1ccc(-c2ccc(Cc3ccnc(-c4ccccc4)n3)cc2)cc1. The number of rotatable bonds is 5. The van der Waals surface area contributed by atoms with Crippen molar-refractivity contribution in [2.75, 3.05) is 0 Å². The Kier molecular flexibility index (Phi) is 5.06. The minimum Gasteiger partial charge on any atom is -0.237 e. The Balaban J connectivity index is 1.51. The van der Waals surface area contributed by atoms with E-state index in [2.05, 4.69) is 60.4 Å². The normalized spacial score (nSPS) is 10.7. The van der Waals surface area contributed by atoms with Gasteiger partial charge in [0, 0.05) is 23.9 Å². The molecular weight excluding hydrogens is 328 g/mol. The van der Waals surface area contributed by atoms with E-state index in [-0.39, 0.29) is 0 Å². The summed E-state index contributed by atoms with van der Waals surface area (Å²) in [6.45, 7) is 2.18. The molecule has 0 aliphatic carbocycles. The number of aromatic nitrogens is 2. The molecule has 0 aliphatic heterocycles. The third kappa shape index (κ3) is 4.12. The molecule has 0 N–H and O–H groups in total. The van der Waals surface area contributed by atoms with E-state index in [0.717, 1.165) is 29.9 Å². The highest BCUT2D eigenvalue weighted by Gasteiger charge is 2.04. The van der Waals surface area contributed by atoms with E-state index in [9.17, 15) is 0 Å². The molecule has 0 aliphatic rings. The lowest BCUT2D eigenvalue weighted by atomic mass is 10.0. The topological polar surface area (TPSA) is 25.8 Å². The van der Waals surface area contributed by atoms with E-state index in [1.54, 1.807) is 0 Å². The Labute approximate surface area is 160 Å². The van der Waals surface area contributed by atoms with Crippen LogP contribution >= 0.6 is 0 Å². The van der Waals surface area contributed by atoms with Crippen molar-refractivity contribution in [1.82, 2.24) is 9.97 Å². The van der Waals surface area contributed by atoms with Crippen LogP contribution in [0.4, 0.5) is 0 Å². The summed E-state index contributed by atoms with van der Waals surface area (Å²) in [7, 11) is 0. The number of hydrogen-bond acceptors (Lipinski definition) is 2. The van der Waals surface area contributed by atoms with Gasteiger partial charge in [-0.1, -0.05) is 85.8 Å². The Hall–Kier alpha value is -3.26. The third-order valence-corrected chi connectivity index (χ3v) is 4.78. The van der Waals surface area contributed by atoms with Crippen LogP contribution < -0.4 is 0 Å². The van der Waals surface area contributed by atoms with Crippen LogP contribution in [0.2, 0.25) is 0 Å². The van der Waals surface area contributed by atoms with E-state index in [0.29, 0.717) is 0 Å². The van der Waals surface area contributed by atoms with Crippen LogP contribution in [0.5, 0.6) is 0 Å². The van der Waals surface area contributed by atoms with Crippen LogP contribution in [0.1, 0.15) is 23.7 Å². The molecule has 0 bridgehead atoms. The van der Waals surface area contributed by atoms with Crippen LogP contribution in [-0.2, 0) is 12.8 Å².